The van der Waals surface area contributed by atoms with Gasteiger partial charge in [-0.1, -0.05) is 0 Å². The third-order valence-electron chi connectivity index (χ3n) is 3.72. The topological polar surface area (TPSA) is 70.2 Å². The third-order valence-corrected chi connectivity index (χ3v) is 3.93. The number of nitrogens with one attached hydrogen (secondary N) is 2. The predicted octanol–water partition coefficient (Wildman–Crippen LogP) is 3.29. The highest BCUT2D eigenvalue weighted by Gasteiger charge is 2.15. The van der Waals surface area contributed by atoms with Crippen molar-refractivity contribution in [2.75, 3.05) is 45.2 Å². The largest absolute Gasteiger partial charge is 0.493 e. The van der Waals surface area contributed by atoms with Crippen LogP contribution in [0.3, 0.4) is 0 Å². The Hall–Kier alpha value is -2.87. The van der Waals surface area contributed by atoms with Crippen molar-refractivity contribution in [3.63, 3.8) is 0 Å². The number of fused-ring (bicyclic) bond motifs is 1. The third kappa shape index (κ3) is 3.85. The fraction of sp³-hybridized carbons (Fsp3) is 0.278. The van der Waals surface area contributed by atoms with Crippen molar-refractivity contribution in [1.82, 2.24) is 0 Å². The van der Waals surface area contributed by atoms with Crippen molar-refractivity contribution in [2.24, 2.45) is 0 Å². The Kier molecular flexibility index (Phi) is 5.52. The zero-order chi connectivity index (χ0) is 18.5. The summed E-state index contributed by atoms with van der Waals surface area (Å²) in [6.45, 7) is 1.09. The number of ether oxygens (including phenoxy) is 5. The normalized spacial score (nSPS) is 12.1. The molecule has 0 bridgehead atoms. The zero-order valence-electron chi connectivity index (χ0n) is 14.8. The minimum absolute atomic E-state index is 0.413. The molecule has 0 amide bonds. The van der Waals surface area contributed by atoms with Crippen LogP contribution in [0.5, 0.6) is 28.7 Å². The number of hydrogen-bond donors (Lipinski definition) is 2. The maximum absolute atomic E-state index is 5.57. The Morgan fingerprint density at radius 2 is 1.46 bits per heavy atom. The molecule has 2 N–H and O–H groups in total. The first-order valence-corrected chi connectivity index (χ1v) is 8.33. The summed E-state index contributed by atoms with van der Waals surface area (Å²) in [5, 5.41) is 6.63. The van der Waals surface area contributed by atoms with E-state index in [0.717, 1.165) is 11.4 Å². The zero-order valence-corrected chi connectivity index (χ0v) is 15.6. The fourth-order valence-electron chi connectivity index (χ4n) is 2.57. The Bertz CT molecular complexity index is 787. The Balaban J connectivity index is 1.74. The van der Waals surface area contributed by atoms with Crippen molar-refractivity contribution >= 4 is 28.7 Å². The monoisotopic (exact) mass is 376 g/mol. The predicted molar refractivity (Wildman–Crippen MR) is 103 cm³/mol. The summed E-state index contributed by atoms with van der Waals surface area (Å²) in [7, 11) is 4.68. The van der Waals surface area contributed by atoms with E-state index in [9.17, 15) is 0 Å². The van der Waals surface area contributed by atoms with Gasteiger partial charge < -0.3 is 34.3 Å². The smallest absolute Gasteiger partial charge is 0.203 e. The van der Waals surface area contributed by atoms with Crippen molar-refractivity contribution < 1.29 is 23.7 Å². The van der Waals surface area contributed by atoms with E-state index in [1.165, 1.54) is 0 Å². The highest BCUT2D eigenvalue weighted by atomic mass is 32.1. The first kappa shape index (κ1) is 17.9. The highest BCUT2D eigenvalue weighted by molar-refractivity contribution is 7.80. The molecule has 1 aliphatic rings. The van der Waals surface area contributed by atoms with Gasteiger partial charge in [-0.3, -0.25) is 0 Å². The van der Waals surface area contributed by atoms with Gasteiger partial charge in [0.2, 0.25) is 5.75 Å². The molecule has 0 unspecified atom stereocenters. The minimum Gasteiger partial charge on any atom is -0.493 e. The van der Waals surface area contributed by atoms with E-state index in [4.69, 9.17) is 35.9 Å². The van der Waals surface area contributed by atoms with Crippen LogP contribution >= 0.6 is 12.2 Å². The van der Waals surface area contributed by atoms with Gasteiger partial charge in [-0.05, 0) is 24.4 Å². The summed E-state index contributed by atoms with van der Waals surface area (Å²) in [5.41, 5.74) is 1.49. The molecule has 0 saturated heterocycles. The average molecular weight is 376 g/mol. The molecule has 0 radical (unpaired) electrons. The van der Waals surface area contributed by atoms with E-state index in [-0.39, 0.29) is 0 Å². The lowest BCUT2D eigenvalue weighted by Gasteiger charge is -2.19. The molecule has 0 fully saturated rings. The number of thiocarbonyl (C=S) groups is 1. The van der Waals surface area contributed by atoms with Crippen molar-refractivity contribution in [1.29, 1.82) is 0 Å². The molecule has 1 heterocycles. The lowest BCUT2D eigenvalue weighted by molar-refractivity contribution is 0.171. The van der Waals surface area contributed by atoms with Crippen LogP contribution in [0.1, 0.15) is 0 Å². The molecule has 7 nitrogen and oxygen atoms in total. The summed E-state index contributed by atoms with van der Waals surface area (Å²) < 4.78 is 27.1. The van der Waals surface area contributed by atoms with Crippen LogP contribution in [0.2, 0.25) is 0 Å². The molecule has 0 aliphatic carbocycles. The van der Waals surface area contributed by atoms with E-state index in [0.29, 0.717) is 47.0 Å². The maximum atomic E-state index is 5.57. The van der Waals surface area contributed by atoms with Gasteiger partial charge in [0.15, 0.2) is 28.1 Å². The van der Waals surface area contributed by atoms with Crippen LogP contribution in [0, 0.1) is 0 Å². The molecule has 8 heteroatoms. The Morgan fingerprint density at radius 1 is 0.846 bits per heavy atom. The Labute approximate surface area is 157 Å². The number of rotatable bonds is 5. The molecule has 1 aliphatic heterocycles. The molecule has 0 saturated carbocycles. The summed E-state index contributed by atoms with van der Waals surface area (Å²) in [4.78, 5) is 0. The van der Waals surface area contributed by atoms with Crippen LogP contribution < -0.4 is 34.3 Å². The lowest BCUT2D eigenvalue weighted by Crippen LogP contribution is -2.20. The van der Waals surface area contributed by atoms with Gasteiger partial charge in [0, 0.05) is 29.6 Å². The van der Waals surface area contributed by atoms with E-state index in [2.05, 4.69) is 10.6 Å². The quantitative estimate of drug-likeness (QED) is 0.771. The molecule has 2 aromatic carbocycles. The first-order chi connectivity index (χ1) is 12.6. The summed E-state index contributed by atoms with van der Waals surface area (Å²) >= 11 is 5.39. The summed E-state index contributed by atoms with van der Waals surface area (Å²) in [6, 6.07) is 9.12. The maximum Gasteiger partial charge on any atom is 0.203 e. The molecule has 2 aromatic rings. The molecule has 0 atom stereocenters. The van der Waals surface area contributed by atoms with Gasteiger partial charge in [0.05, 0.1) is 21.3 Å². The van der Waals surface area contributed by atoms with Crippen molar-refractivity contribution in [3.8, 4) is 28.7 Å². The second-order valence-electron chi connectivity index (χ2n) is 5.35. The van der Waals surface area contributed by atoms with Gasteiger partial charge in [0.25, 0.3) is 0 Å². The van der Waals surface area contributed by atoms with Gasteiger partial charge in [0.1, 0.15) is 13.2 Å². The van der Waals surface area contributed by atoms with Crippen molar-refractivity contribution in [2.45, 2.75) is 0 Å². The van der Waals surface area contributed by atoms with E-state index in [1.807, 2.05) is 18.2 Å². The molecule has 3 rings (SSSR count). The molecule has 26 heavy (non-hydrogen) atoms. The van der Waals surface area contributed by atoms with Crippen LogP contribution in [0.15, 0.2) is 30.3 Å². The molecule has 0 spiro atoms. The van der Waals surface area contributed by atoms with Crippen LogP contribution in [-0.2, 0) is 0 Å². The van der Waals surface area contributed by atoms with Crippen molar-refractivity contribution in [3.05, 3.63) is 30.3 Å². The van der Waals surface area contributed by atoms with Gasteiger partial charge in [-0.15, -0.1) is 0 Å². The lowest BCUT2D eigenvalue weighted by atomic mass is 10.2. The second kappa shape index (κ2) is 8.01. The van der Waals surface area contributed by atoms with Crippen LogP contribution in [0.25, 0.3) is 0 Å². The standard InChI is InChI=1S/C18H20N2O5S/c1-21-15-9-12(10-16(22-2)17(15)23-3)20-18(26)19-11-4-5-13-14(8-11)25-7-6-24-13/h4-5,8-10H,6-7H2,1-3H3,(H2,19,20,26). The molecule has 138 valence electrons. The average Bonchev–Trinajstić information content (AvgIpc) is 2.66. The molecular formula is C18H20N2O5S. The Morgan fingerprint density at radius 3 is 2.08 bits per heavy atom. The van der Waals surface area contributed by atoms with E-state index in [1.54, 1.807) is 33.5 Å². The van der Waals surface area contributed by atoms with Gasteiger partial charge >= 0.3 is 0 Å². The van der Waals surface area contributed by atoms with Crippen LogP contribution in [0.4, 0.5) is 11.4 Å². The fourth-order valence-corrected chi connectivity index (χ4v) is 2.80. The molecule has 0 aromatic heterocycles. The SMILES string of the molecule is COc1cc(NC(=S)Nc2ccc3c(c2)OCCO3)cc(OC)c1OC. The number of methoxy groups -OCH3 is 3. The number of hydrogen-bond acceptors (Lipinski definition) is 6. The molecular weight excluding hydrogens is 356 g/mol. The summed E-state index contributed by atoms with van der Waals surface area (Å²) in [5.74, 6) is 3.02. The highest BCUT2D eigenvalue weighted by Crippen LogP contribution is 2.40. The van der Waals surface area contributed by atoms with Gasteiger partial charge in [-0.2, -0.15) is 0 Å². The van der Waals surface area contributed by atoms with E-state index >= 15 is 0 Å². The minimum atomic E-state index is 0.413. The number of benzene rings is 2. The second-order valence-corrected chi connectivity index (χ2v) is 5.76. The van der Waals surface area contributed by atoms with E-state index < -0.39 is 0 Å². The first-order valence-electron chi connectivity index (χ1n) is 7.92. The summed E-state index contributed by atoms with van der Waals surface area (Å²) in [6.07, 6.45) is 0. The van der Waals surface area contributed by atoms with Crippen LogP contribution in [-0.4, -0.2) is 39.7 Å². The number of anilines is 2. The van der Waals surface area contributed by atoms with Gasteiger partial charge in [-0.25, -0.2) is 0 Å².